The molecular formula is C34H21NO2. The lowest BCUT2D eigenvalue weighted by atomic mass is 9.73. The molecule has 1 N–H and O–H groups in total. The van der Waals surface area contributed by atoms with E-state index in [2.05, 4.69) is 102 Å². The lowest BCUT2D eigenvalue weighted by molar-refractivity contribution is 0.260. The van der Waals surface area contributed by atoms with Gasteiger partial charge in [-0.3, -0.25) is 0 Å². The van der Waals surface area contributed by atoms with Gasteiger partial charge in [0.25, 0.3) is 0 Å². The summed E-state index contributed by atoms with van der Waals surface area (Å²) < 4.78 is 13.3. The van der Waals surface area contributed by atoms with E-state index in [-0.39, 0.29) is 6.23 Å². The van der Waals surface area contributed by atoms with E-state index in [1.54, 1.807) is 0 Å². The van der Waals surface area contributed by atoms with Gasteiger partial charge in [0.05, 0.1) is 5.69 Å². The van der Waals surface area contributed by atoms with Gasteiger partial charge in [-0.25, -0.2) is 0 Å². The van der Waals surface area contributed by atoms with Gasteiger partial charge in [0.2, 0.25) is 0 Å². The van der Waals surface area contributed by atoms with Crippen molar-refractivity contribution in [2.75, 3.05) is 5.32 Å². The molecule has 37 heavy (non-hydrogen) atoms. The normalized spacial score (nSPS) is 19.6. The highest BCUT2D eigenvalue weighted by Crippen LogP contribution is 2.65. The molecule has 3 nitrogen and oxygen atoms in total. The van der Waals surface area contributed by atoms with Crippen molar-refractivity contribution in [2.24, 2.45) is 0 Å². The third-order valence-corrected chi connectivity index (χ3v) is 8.34. The molecule has 6 aromatic rings. The lowest BCUT2D eigenvalue weighted by Gasteiger charge is -2.28. The number of furan rings is 1. The Hall–Kier alpha value is -4.76. The fourth-order valence-electron chi connectivity index (χ4n) is 6.96. The second-order valence-electron chi connectivity index (χ2n) is 10.1. The third-order valence-electron chi connectivity index (χ3n) is 8.34. The largest absolute Gasteiger partial charge is 0.464 e. The zero-order chi connectivity index (χ0) is 24.1. The first-order chi connectivity index (χ1) is 18.4. The highest BCUT2D eigenvalue weighted by molar-refractivity contribution is 6.04. The summed E-state index contributed by atoms with van der Waals surface area (Å²) in [7, 11) is 0. The van der Waals surface area contributed by atoms with Gasteiger partial charge in [-0.2, -0.15) is 0 Å². The molecule has 1 spiro atoms. The number of fused-ring (bicyclic) bond motifs is 13. The fourth-order valence-corrected chi connectivity index (χ4v) is 6.96. The summed E-state index contributed by atoms with van der Waals surface area (Å²) in [5, 5.41) is 4.77. The maximum absolute atomic E-state index is 6.81. The number of anilines is 1. The molecule has 0 amide bonds. The maximum Gasteiger partial charge on any atom is 0.197 e. The van der Waals surface area contributed by atoms with Crippen LogP contribution in [0.2, 0.25) is 0 Å². The van der Waals surface area contributed by atoms with Gasteiger partial charge in [-0.1, -0.05) is 97.1 Å². The van der Waals surface area contributed by atoms with Crippen molar-refractivity contribution in [1.82, 2.24) is 0 Å². The van der Waals surface area contributed by atoms with Crippen LogP contribution in [-0.4, -0.2) is 0 Å². The molecule has 0 saturated carbocycles. The monoisotopic (exact) mass is 475 g/mol. The predicted molar refractivity (Wildman–Crippen MR) is 146 cm³/mol. The number of rotatable bonds is 1. The Morgan fingerprint density at radius 2 is 1.27 bits per heavy atom. The van der Waals surface area contributed by atoms with E-state index < -0.39 is 5.41 Å². The standard InChI is InChI=1S/C34H21NO2/c1-4-14-24-20(10-1)30-23(33-35-27-17-6-8-19-29(27)37-33)13-9-16-26(30)34(24)25-15-5-2-11-21(25)31-22-12-3-7-18-28(22)36-32(31)34/h1-19,33,35H. The summed E-state index contributed by atoms with van der Waals surface area (Å²) in [5.41, 5.74) is 11.3. The molecule has 1 aromatic heterocycles. The average molecular weight is 476 g/mol. The van der Waals surface area contributed by atoms with Crippen LogP contribution in [0.4, 0.5) is 5.69 Å². The molecule has 2 atom stereocenters. The molecule has 2 unspecified atom stereocenters. The molecule has 2 aliphatic carbocycles. The van der Waals surface area contributed by atoms with Crippen molar-refractivity contribution in [1.29, 1.82) is 0 Å². The number of nitrogens with one attached hydrogen (secondary N) is 1. The molecular weight excluding hydrogens is 454 g/mol. The van der Waals surface area contributed by atoms with E-state index in [1.165, 1.54) is 44.3 Å². The van der Waals surface area contributed by atoms with Gasteiger partial charge in [-0.05, 0) is 51.6 Å². The fraction of sp³-hybridized carbons (Fsp3) is 0.0588. The van der Waals surface area contributed by atoms with Crippen LogP contribution in [0.1, 0.15) is 34.2 Å². The first-order valence-electron chi connectivity index (χ1n) is 12.7. The maximum atomic E-state index is 6.81. The highest BCUT2D eigenvalue weighted by Gasteiger charge is 2.55. The molecule has 0 bridgehead atoms. The van der Waals surface area contributed by atoms with Crippen LogP contribution in [-0.2, 0) is 5.41 Å². The highest BCUT2D eigenvalue weighted by atomic mass is 16.5. The van der Waals surface area contributed by atoms with Crippen LogP contribution in [0.25, 0.3) is 33.2 Å². The summed E-state index contributed by atoms with van der Waals surface area (Å²) >= 11 is 0. The smallest absolute Gasteiger partial charge is 0.197 e. The summed E-state index contributed by atoms with van der Waals surface area (Å²) in [5.74, 6) is 1.90. The van der Waals surface area contributed by atoms with Crippen molar-refractivity contribution in [3.8, 4) is 28.0 Å². The minimum atomic E-state index is -0.516. The van der Waals surface area contributed by atoms with Gasteiger partial charge in [0.1, 0.15) is 22.5 Å². The predicted octanol–water partition coefficient (Wildman–Crippen LogP) is 8.28. The van der Waals surface area contributed by atoms with E-state index in [0.717, 1.165) is 28.3 Å². The summed E-state index contributed by atoms with van der Waals surface area (Å²) in [6.07, 6.45) is -0.262. The summed E-state index contributed by atoms with van der Waals surface area (Å²) in [6, 6.07) is 40.8. The van der Waals surface area contributed by atoms with E-state index in [1.807, 2.05) is 18.2 Å². The second-order valence-corrected chi connectivity index (χ2v) is 10.1. The lowest BCUT2D eigenvalue weighted by Crippen LogP contribution is -2.25. The van der Waals surface area contributed by atoms with Crippen LogP contribution in [0.15, 0.2) is 120 Å². The van der Waals surface area contributed by atoms with Crippen LogP contribution in [0.3, 0.4) is 0 Å². The minimum Gasteiger partial charge on any atom is -0.464 e. The van der Waals surface area contributed by atoms with Gasteiger partial charge < -0.3 is 14.5 Å². The van der Waals surface area contributed by atoms with Crippen molar-refractivity contribution >= 4 is 16.7 Å². The molecule has 0 radical (unpaired) electrons. The first kappa shape index (κ1) is 19.4. The molecule has 174 valence electrons. The Kier molecular flexibility index (Phi) is 3.52. The number of benzene rings is 5. The van der Waals surface area contributed by atoms with E-state index in [4.69, 9.17) is 9.15 Å². The third kappa shape index (κ3) is 2.24. The van der Waals surface area contributed by atoms with Crippen LogP contribution < -0.4 is 10.1 Å². The van der Waals surface area contributed by atoms with Crippen molar-refractivity contribution < 1.29 is 9.15 Å². The van der Waals surface area contributed by atoms with Crippen LogP contribution in [0, 0.1) is 0 Å². The zero-order valence-electron chi connectivity index (χ0n) is 19.9. The van der Waals surface area contributed by atoms with Crippen LogP contribution >= 0.6 is 0 Å². The number of hydrogen-bond acceptors (Lipinski definition) is 3. The number of para-hydroxylation sites is 3. The average Bonchev–Trinajstić information content (AvgIpc) is 3.69. The van der Waals surface area contributed by atoms with Crippen molar-refractivity contribution in [3.05, 3.63) is 143 Å². The molecule has 3 aliphatic rings. The molecule has 5 aromatic carbocycles. The molecule has 0 saturated heterocycles. The SMILES string of the molecule is c1ccc2c(c1)NC(c1cccc3c1-c1ccccc1C31c3ccccc3-c3c1oc1ccccc31)O2. The van der Waals surface area contributed by atoms with E-state index in [9.17, 15) is 0 Å². The summed E-state index contributed by atoms with van der Waals surface area (Å²) in [6.45, 7) is 0. The van der Waals surface area contributed by atoms with E-state index >= 15 is 0 Å². The van der Waals surface area contributed by atoms with Crippen molar-refractivity contribution in [2.45, 2.75) is 11.6 Å². The Balaban J connectivity index is 1.39. The van der Waals surface area contributed by atoms with Gasteiger partial charge in [0.15, 0.2) is 6.23 Å². The summed E-state index contributed by atoms with van der Waals surface area (Å²) in [4.78, 5) is 0. The Morgan fingerprint density at radius 3 is 2.11 bits per heavy atom. The molecule has 0 fully saturated rings. The van der Waals surface area contributed by atoms with Gasteiger partial charge in [-0.15, -0.1) is 0 Å². The molecule has 3 heteroatoms. The Labute approximate surface area is 214 Å². The first-order valence-corrected chi connectivity index (χ1v) is 12.7. The van der Waals surface area contributed by atoms with Crippen molar-refractivity contribution in [3.63, 3.8) is 0 Å². The topological polar surface area (TPSA) is 34.4 Å². The van der Waals surface area contributed by atoms with Gasteiger partial charge in [0, 0.05) is 16.5 Å². The number of hydrogen-bond donors (Lipinski definition) is 1. The Morgan fingerprint density at radius 1 is 0.595 bits per heavy atom. The van der Waals surface area contributed by atoms with Crippen LogP contribution in [0.5, 0.6) is 5.75 Å². The Bertz CT molecular complexity index is 1890. The number of ether oxygens (including phenoxy) is 1. The minimum absolute atomic E-state index is 0.262. The van der Waals surface area contributed by atoms with E-state index in [0.29, 0.717) is 0 Å². The molecule has 1 aliphatic heterocycles. The zero-order valence-corrected chi connectivity index (χ0v) is 19.9. The second kappa shape index (κ2) is 6.71. The molecule has 2 heterocycles. The van der Waals surface area contributed by atoms with Gasteiger partial charge >= 0.3 is 0 Å². The molecule has 9 rings (SSSR count). The quantitative estimate of drug-likeness (QED) is 0.259.